The van der Waals surface area contributed by atoms with Crippen molar-refractivity contribution in [1.29, 1.82) is 0 Å². The molecule has 0 radical (unpaired) electrons. The van der Waals surface area contributed by atoms with Crippen LogP contribution in [0.1, 0.15) is 25.7 Å². The van der Waals surface area contributed by atoms with Crippen LogP contribution in [0.5, 0.6) is 0 Å². The third-order valence-corrected chi connectivity index (χ3v) is 3.55. The summed E-state index contributed by atoms with van der Waals surface area (Å²) in [7, 11) is 0. The average Bonchev–Trinajstić information content (AvgIpc) is 2.64. The van der Waals surface area contributed by atoms with Gasteiger partial charge in [-0.1, -0.05) is 11.6 Å². The van der Waals surface area contributed by atoms with Crippen molar-refractivity contribution < 1.29 is 4.79 Å². The molecule has 0 aromatic heterocycles. The van der Waals surface area contributed by atoms with E-state index in [2.05, 4.69) is 0 Å². The van der Waals surface area contributed by atoms with E-state index in [4.69, 9.17) is 0 Å². The summed E-state index contributed by atoms with van der Waals surface area (Å²) in [5.74, 6) is 1.73. The summed E-state index contributed by atoms with van der Waals surface area (Å²) in [4.78, 5) is 11.5. The van der Waals surface area contributed by atoms with E-state index < -0.39 is 0 Å². The Morgan fingerprint density at radius 1 is 1.25 bits per heavy atom. The van der Waals surface area contributed by atoms with Crippen LogP contribution < -0.4 is 0 Å². The Morgan fingerprint density at radius 2 is 2.08 bits per heavy atom. The highest BCUT2D eigenvalue weighted by molar-refractivity contribution is 6.06. The number of hydrogen-bond donors (Lipinski definition) is 0. The molecule has 3 aliphatic carbocycles. The zero-order valence-corrected chi connectivity index (χ0v) is 7.05. The molecule has 0 saturated heterocycles. The van der Waals surface area contributed by atoms with Crippen molar-refractivity contribution in [3.63, 3.8) is 0 Å². The van der Waals surface area contributed by atoms with Gasteiger partial charge in [0.1, 0.15) is 0 Å². The number of fused-ring (bicyclic) bond motifs is 4. The van der Waals surface area contributed by atoms with Crippen molar-refractivity contribution in [3.05, 3.63) is 23.3 Å². The topological polar surface area (TPSA) is 17.1 Å². The van der Waals surface area contributed by atoms with Gasteiger partial charge in [0.15, 0.2) is 5.78 Å². The van der Waals surface area contributed by atoms with E-state index in [-0.39, 0.29) is 0 Å². The van der Waals surface area contributed by atoms with Crippen molar-refractivity contribution >= 4 is 5.78 Å². The maximum Gasteiger partial charge on any atom is 0.181 e. The van der Waals surface area contributed by atoms with E-state index in [9.17, 15) is 4.79 Å². The first-order valence-electron chi connectivity index (χ1n) is 4.80. The summed E-state index contributed by atoms with van der Waals surface area (Å²) in [6.07, 6.45) is 8.73. The van der Waals surface area contributed by atoms with E-state index in [1.165, 1.54) is 30.4 Å². The smallest absolute Gasteiger partial charge is 0.181 e. The molecule has 0 aromatic carbocycles. The van der Waals surface area contributed by atoms with Crippen LogP contribution in [-0.4, -0.2) is 5.78 Å². The van der Waals surface area contributed by atoms with Gasteiger partial charge in [-0.05, 0) is 43.6 Å². The van der Waals surface area contributed by atoms with Gasteiger partial charge in [-0.2, -0.15) is 0 Å². The lowest BCUT2D eigenvalue weighted by atomic mass is 9.85. The van der Waals surface area contributed by atoms with Crippen molar-refractivity contribution in [3.8, 4) is 0 Å². The molecule has 12 heavy (non-hydrogen) atoms. The Bertz CT molecular complexity index is 309. The maximum absolute atomic E-state index is 11.5. The molecule has 2 unspecified atom stereocenters. The predicted octanol–water partition coefficient (Wildman–Crippen LogP) is 2.24. The summed E-state index contributed by atoms with van der Waals surface area (Å²) >= 11 is 0. The highest BCUT2D eigenvalue weighted by Crippen LogP contribution is 2.51. The summed E-state index contributed by atoms with van der Waals surface area (Å²) in [5, 5.41) is 0. The van der Waals surface area contributed by atoms with E-state index >= 15 is 0 Å². The van der Waals surface area contributed by atoms with Crippen molar-refractivity contribution in [2.75, 3.05) is 0 Å². The summed E-state index contributed by atoms with van der Waals surface area (Å²) in [6, 6.07) is 0. The molecule has 1 fully saturated rings. The van der Waals surface area contributed by atoms with Crippen molar-refractivity contribution in [2.45, 2.75) is 25.7 Å². The Morgan fingerprint density at radius 3 is 2.92 bits per heavy atom. The molecule has 0 aromatic rings. The van der Waals surface area contributed by atoms with Gasteiger partial charge in [0, 0.05) is 5.57 Å². The first-order chi connectivity index (χ1) is 5.86. The third kappa shape index (κ3) is 0.669. The second-order valence-corrected chi connectivity index (χ2v) is 4.12. The van der Waals surface area contributed by atoms with Gasteiger partial charge in [-0.3, -0.25) is 4.79 Å². The fourth-order valence-electron chi connectivity index (χ4n) is 3.06. The van der Waals surface area contributed by atoms with E-state index in [1.54, 1.807) is 6.08 Å². The Labute approximate surface area is 72.2 Å². The van der Waals surface area contributed by atoms with Crippen LogP contribution in [0.15, 0.2) is 23.3 Å². The molecule has 3 aliphatic rings. The maximum atomic E-state index is 11.5. The molecule has 3 rings (SSSR count). The Balaban J connectivity index is 2.10. The first kappa shape index (κ1) is 6.64. The summed E-state index contributed by atoms with van der Waals surface area (Å²) < 4.78 is 0. The predicted molar refractivity (Wildman–Crippen MR) is 46.6 cm³/mol. The van der Waals surface area contributed by atoms with Gasteiger partial charge < -0.3 is 0 Å². The fraction of sp³-hybridized carbons (Fsp3) is 0.545. The highest BCUT2D eigenvalue weighted by Gasteiger charge is 2.41. The summed E-state index contributed by atoms with van der Waals surface area (Å²) in [5.41, 5.74) is 2.69. The van der Waals surface area contributed by atoms with E-state index in [0.717, 1.165) is 12.3 Å². The van der Waals surface area contributed by atoms with E-state index in [0.29, 0.717) is 11.7 Å². The van der Waals surface area contributed by atoms with Gasteiger partial charge >= 0.3 is 0 Å². The van der Waals surface area contributed by atoms with Crippen molar-refractivity contribution in [2.24, 2.45) is 11.8 Å². The largest absolute Gasteiger partial charge is 0.290 e. The molecule has 0 N–H and O–H groups in total. The molecule has 0 spiro atoms. The molecular formula is C11H12O. The second kappa shape index (κ2) is 2.09. The molecule has 0 aliphatic heterocycles. The molecular weight excluding hydrogens is 148 g/mol. The van der Waals surface area contributed by atoms with Crippen LogP contribution in [0.3, 0.4) is 0 Å². The van der Waals surface area contributed by atoms with Gasteiger partial charge in [-0.25, -0.2) is 0 Å². The lowest BCUT2D eigenvalue weighted by Gasteiger charge is -2.19. The number of rotatable bonds is 0. The zero-order valence-electron chi connectivity index (χ0n) is 7.05. The number of ketones is 1. The number of carbonyl (C=O) groups is 1. The van der Waals surface area contributed by atoms with Gasteiger partial charge in [0.05, 0.1) is 0 Å². The molecule has 0 heterocycles. The number of allylic oxidation sites excluding steroid dienone is 4. The molecule has 1 heteroatoms. The minimum atomic E-state index is 0.309. The van der Waals surface area contributed by atoms with Crippen LogP contribution in [-0.2, 0) is 4.79 Å². The third-order valence-electron chi connectivity index (χ3n) is 3.55. The first-order valence-corrected chi connectivity index (χ1v) is 4.80. The minimum absolute atomic E-state index is 0.309. The summed E-state index contributed by atoms with van der Waals surface area (Å²) in [6.45, 7) is 0. The Hall–Kier alpha value is -0.850. The van der Waals surface area contributed by atoms with Crippen LogP contribution in [0.25, 0.3) is 0 Å². The normalized spacial score (nSPS) is 37.8. The lowest BCUT2D eigenvalue weighted by molar-refractivity contribution is -0.111. The van der Waals surface area contributed by atoms with Crippen LogP contribution >= 0.6 is 0 Å². The SMILES string of the molecule is O=C1C=CCC2=C1C1CCC2C1. The number of hydrogen-bond acceptors (Lipinski definition) is 1. The zero-order chi connectivity index (χ0) is 8.13. The van der Waals surface area contributed by atoms with Gasteiger partial charge in [-0.15, -0.1) is 0 Å². The van der Waals surface area contributed by atoms with Gasteiger partial charge in [0.25, 0.3) is 0 Å². The molecule has 62 valence electrons. The van der Waals surface area contributed by atoms with Crippen LogP contribution in [0.4, 0.5) is 0 Å². The number of carbonyl (C=O) groups excluding carboxylic acids is 1. The standard InChI is InChI=1S/C11H12O/c12-10-3-1-2-9-7-4-5-8(6-7)11(9)10/h1,3,7-8H,2,4-6H2. The molecule has 2 atom stereocenters. The van der Waals surface area contributed by atoms with Crippen LogP contribution in [0, 0.1) is 11.8 Å². The quantitative estimate of drug-likeness (QED) is 0.531. The second-order valence-electron chi connectivity index (χ2n) is 4.12. The molecule has 1 nitrogen and oxygen atoms in total. The highest BCUT2D eigenvalue weighted by atomic mass is 16.1. The van der Waals surface area contributed by atoms with Crippen molar-refractivity contribution in [1.82, 2.24) is 0 Å². The molecule has 1 saturated carbocycles. The lowest BCUT2D eigenvalue weighted by Crippen LogP contribution is -2.13. The minimum Gasteiger partial charge on any atom is -0.290 e. The van der Waals surface area contributed by atoms with E-state index in [1.807, 2.05) is 6.08 Å². The Kier molecular flexibility index (Phi) is 1.16. The fourth-order valence-corrected chi connectivity index (χ4v) is 3.06. The van der Waals surface area contributed by atoms with Gasteiger partial charge in [0.2, 0.25) is 0 Å². The average molecular weight is 160 g/mol. The monoisotopic (exact) mass is 160 g/mol. The van der Waals surface area contributed by atoms with Crippen LogP contribution in [0.2, 0.25) is 0 Å². The molecule has 0 amide bonds. The molecule has 2 bridgehead atoms.